The van der Waals surface area contributed by atoms with Crippen LogP contribution in [0.4, 0.5) is 0 Å². The lowest BCUT2D eigenvalue weighted by Crippen LogP contribution is -2.48. The lowest BCUT2D eigenvalue weighted by atomic mass is 9.90. The van der Waals surface area contributed by atoms with E-state index in [1.807, 2.05) is 0 Å². The van der Waals surface area contributed by atoms with Gasteiger partial charge in [0.2, 0.25) is 5.91 Å². The molecule has 2 unspecified atom stereocenters. The maximum absolute atomic E-state index is 12.3. The summed E-state index contributed by atoms with van der Waals surface area (Å²) in [6.45, 7) is 8.43. The number of rotatable bonds is 1. The Labute approximate surface area is 98.6 Å². The Bertz CT molecular complexity index is 238. The fourth-order valence-electron chi connectivity index (χ4n) is 3.16. The second kappa shape index (κ2) is 5.17. The molecule has 2 rings (SSSR count). The number of hydrogen-bond donors (Lipinski definition) is 1. The van der Waals surface area contributed by atoms with Crippen LogP contribution in [0.15, 0.2) is 0 Å². The normalized spacial score (nSPS) is 36.1. The summed E-state index contributed by atoms with van der Waals surface area (Å²) in [4.78, 5) is 14.4. The van der Waals surface area contributed by atoms with Gasteiger partial charge in [0.25, 0.3) is 0 Å². The average molecular weight is 224 g/mol. The monoisotopic (exact) mass is 224 g/mol. The molecule has 3 nitrogen and oxygen atoms in total. The van der Waals surface area contributed by atoms with E-state index in [2.05, 4.69) is 24.1 Å². The second-order valence-corrected chi connectivity index (χ2v) is 5.73. The molecular weight excluding hydrogens is 200 g/mol. The van der Waals surface area contributed by atoms with Crippen molar-refractivity contribution in [2.24, 2.45) is 17.8 Å². The molecule has 2 fully saturated rings. The van der Waals surface area contributed by atoms with Gasteiger partial charge < -0.3 is 10.2 Å². The highest BCUT2D eigenvalue weighted by atomic mass is 16.2. The van der Waals surface area contributed by atoms with Gasteiger partial charge >= 0.3 is 0 Å². The first-order chi connectivity index (χ1) is 7.66. The zero-order valence-electron chi connectivity index (χ0n) is 10.5. The molecule has 1 amide bonds. The highest BCUT2D eigenvalue weighted by Crippen LogP contribution is 2.23. The van der Waals surface area contributed by atoms with E-state index < -0.39 is 0 Å². The predicted molar refractivity (Wildman–Crippen MR) is 65.1 cm³/mol. The van der Waals surface area contributed by atoms with Gasteiger partial charge in [-0.05, 0) is 37.6 Å². The van der Waals surface area contributed by atoms with Gasteiger partial charge in [-0.25, -0.2) is 0 Å². The fourth-order valence-corrected chi connectivity index (χ4v) is 3.16. The van der Waals surface area contributed by atoms with Gasteiger partial charge in [0.05, 0.1) is 5.92 Å². The van der Waals surface area contributed by atoms with E-state index in [1.54, 1.807) is 0 Å². The molecule has 0 radical (unpaired) electrons. The van der Waals surface area contributed by atoms with Crippen LogP contribution in [-0.4, -0.2) is 37.0 Å². The van der Waals surface area contributed by atoms with Crippen molar-refractivity contribution >= 4 is 5.91 Å². The van der Waals surface area contributed by atoms with Gasteiger partial charge in [-0.1, -0.05) is 13.8 Å². The Morgan fingerprint density at radius 1 is 1.25 bits per heavy atom. The summed E-state index contributed by atoms with van der Waals surface area (Å²) < 4.78 is 0. The Kier molecular flexibility index (Phi) is 3.85. The molecule has 2 aliphatic rings. The van der Waals surface area contributed by atoms with Crippen LogP contribution in [0.1, 0.15) is 33.1 Å². The maximum atomic E-state index is 12.3. The number of nitrogens with one attached hydrogen (secondary N) is 1. The van der Waals surface area contributed by atoms with Gasteiger partial charge in [-0.2, -0.15) is 0 Å². The summed E-state index contributed by atoms with van der Waals surface area (Å²) >= 11 is 0. The third kappa shape index (κ3) is 2.76. The van der Waals surface area contributed by atoms with Crippen molar-refractivity contribution in [1.29, 1.82) is 0 Å². The Morgan fingerprint density at radius 2 is 1.94 bits per heavy atom. The molecule has 0 spiro atoms. The highest BCUT2D eigenvalue weighted by Gasteiger charge is 2.30. The molecule has 92 valence electrons. The summed E-state index contributed by atoms with van der Waals surface area (Å²) in [5.41, 5.74) is 0. The molecular formula is C13H24N2O. The van der Waals surface area contributed by atoms with Crippen LogP contribution in [0, 0.1) is 17.8 Å². The van der Waals surface area contributed by atoms with E-state index >= 15 is 0 Å². The first kappa shape index (κ1) is 11.9. The third-order valence-electron chi connectivity index (χ3n) is 3.83. The highest BCUT2D eigenvalue weighted by molar-refractivity contribution is 5.79. The molecule has 0 aromatic rings. The van der Waals surface area contributed by atoms with Crippen molar-refractivity contribution in [2.75, 3.05) is 26.2 Å². The van der Waals surface area contributed by atoms with Crippen LogP contribution in [0.3, 0.4) is 0 Å². The van der Waals surface area contributed by atoms with E-state index in [4.69, 9.17) is 0 Å². The van der Waals surface area contributed by atoms with E-state index in [0.717, 1.165) is 39.0 Å². The first-order valence-electron chi connectivity index (χ1n) is 6.66. The van der Waals surface area contributed by atoms with E-state index in [0.29, 0.717) is 17.7 Å². The molecule has 0 aromatic heterocycles. The summed E-state index contributed by atoms with van der Waals surface area (Å²) in [5, 5.41) is 3.33. The zero-order valence-corrected chi connectivity index (χ0v) is 10.5. The molecule has 3 heteroatoms. The van der Waals surface area contributed by atoms with Crippen molar-refractivity contribution < 1.29 is 4.79 Å². The molecule has 2 saturated heterocycles. The Hall–Kier alpha value is -0.570. The van der Waals surface area contributed by atoms with Crippen LogP contribution in [-0.2, 0) is 4.79 Å². The Morgan fingerprint density at radius 3 is 2.50 bits per heavy atom. The SMILES string of the molecule is CC1CC(C)CN(C(=O)[C@@H]2CCCNC2)C1. The van der Waals surface area contributed by atoms with Crippen LogP contribution in [0.5, 0.6) is 0 Å². The van der Waals surface area contributed by atoms with Crippen LogP contribution >= 0.6 is 0 Å². The Balaban J connectivity index is 1.92. The van der Waals surface area contributed by atoms with Crippen LogP contribution in [0.2, 0.25) is 0 Å². The summed E-state index contributed by atoms with van der Waals surface area (Å²) in [6.07, 6.45) is 3.49. The minimum absolute atomic E-state index is 0.242. The van der Waals surface area contributed by atoms with Gasteiger partial charge in [0.1, 0.15) is 0 Å². The molecule has 3 atom stereocenters. The molecule has 16 heavy (non-hydrogen) atoms. The van der Waals surface area contributed by atoms with E-state index in [-0.39, 0.29) is 5.92 Å². The molecule has 1 N–H and O–H groups in total. The lowest BCUT2D eigenvalue weighted by Gasteiger charge is -2.37. The van der Waals surface area contributed by atoms with Crippen molar-refractivity contribution in [3.05, 3.63) is 0 Å². The largest absolute Gasteiger partial charge is 0.342 e. The maximum Gasteiger partial charge on any atom is 0.226 e. The van der Waals surface area contributed by atoms with E-state index in [1.165, 1.54) is 6.42 Å². The quantitative estimate of drug-likeness (QED) is 0.732. The van der Waals surface area contributed by atoms with E-state index in [9.17, 15) is 4.79 Å². The standard InChI is InChI=1S/C13H24N2O/c1-10-6-11(2)9-15(8-10)13(16)12-4-3-5-14-7-12/h10-12,14H,3-9H2,1-2H3/t10?,11?,12-/m1/s1. The van der Waals surface area contributed by atoms with Crippen molar-refractivity contribution in [3.8, 4) is 0 Å². The molecule has 2 heterocycles. The molecule has 0 bridgehead atoms. The zero-order chi connectivity index (χ0) is 11.5. The minimum atomic E-state index is 0.242. The number of hydrogen-bond acceptors (Lipinski definition) is 2. The van der Waals surface area contributed by atoms with Gasteiger partial charge in [0.15, 0.2) is 0 Å². The van der Waals surface area contributed by atoms with Crippen LogP contribution < -0.4 is 5.32 Å². The summed E-state index contributed by atoms with van der Waals surface area (Å²) in [6, 6.07) is 0. The van der Waals surface area contributed by atoms with Crippen molar-refractivity contribution in [2.45, 2.75) is 33.1 Å². The fraction of sp³-hybridized carbons (Fsp3) is 0.923. The lowest BCUT2D eigenvalue weighted by molar-refractivity contribution is -0.138. The average Bonchev–Trinajstić information content (AvgIpc) is 2.28. The first-order valence-corrected chi connectivity index (χ1v) is 6.66. The van der Waals surface area contributed by atoms with Crippen molar-refractivity contribution in [3.63, 3.8) is 0 Å². The number of piperidine rings is 2. The van der Waals surface area contributed by atoms with Gasteiger partial charge in [-0.3, -0.25) is 4.79 Å². The molecule has 0 aliphatic carbocycles. The summed E-state index contributed by atoms with van der Waals surface area (Å²) in [5.74, 6) is 1.98. The number of amides is 1. The van der Waals surface area contributed by atoms with Gasteiger partial charge in [-0.15, -0.1) is 0 Å². The van der Waals surface area contributed by atoms with Crippen LogP contribution in [0.25, 0.3) is 0 Å². The molecule has 2 aliphatic heterocycles. The third-order valence-corrected chi connectivity index (χ3v) is 3.83. The van der Waals surface area contributed by atoms with Gasteiger partial charge in [0, 0.05) is 19.6 Å². The minimum Gasteiger partial charge on any atom is -0.342 e. The summed E-state index contributed by atoms with van der Waals surface area (Å²) in [7, 11) is 0. The number of carbonyl (C=O) groups is 1. The second-order valence-electron chi connectivity index (χ2n) is 5.73. The molecule has 0 aromatic carbocycles. The smallest absolute Gasteiger partial charge is 0.226 e. The number of nitrogens with zero attached hydrogens (tertiary/aromatic N) is 1. The molecule has 0 saturated carbocycles. The predicted octanol–water partition coefficient (Wildman–Crippen LogP) is 1.49. The topological polar surface area (TPSA) is 32.3 Å². The van der Waals surface area contributed by atoms with Crippen molar-refractivity contribution in [1.82, 2.24) is 10.2 Å². The number of carbonyl (C=O) groups excluding carboxylic acids is 1. The number of likely N-dealkylation sites (tertiary alicyclic amines) is 1.